The van der Waals surface area contributed by atoms with E-state index in [4.69, 9.17) is 0 Å². The van der Waals surface area contributed by atoms with E-state index in [1.54, 1.807) is 7.05 Å². The van der Waals surface area contributed by atoms with Gasteiger partial charge in [0.05, 0.1) is 0 Å². The second kappa shape index (κ2) is 19.0. The minimum Gasteiger partial charge on any atom is -0.296 e. The highest BCUT2D eigenvalue weighted by atomic mass is 14.6. The number of hydrogen-bond acceptors (Lipinski definition) is 1. The predicted octanol–water partition coefficient (Wildman–Crippen LogP) is 6.18. The molecule has 110 valence electrons. The normalized spacial score (nSPS) is 9.42. The lowest BCUT2D eigenvalue weighted by atomic mass is 10.1. The summed E-state index contributed by atoms with van der Waals surface area (Å²) < 4.78 is 0. The Kier molecular flexibility index (Phi) is 22.8. The summed E-state index contributed by atoms with van der Waals surface area (Å²) in [6.07, 6.45) is 3.95. The second-order valence-corrected chi connectivity index (χ2v) is 3.00. The van der Waals surface area contributed by atoms with Crippen molar-refractivity contribution in [1.82, 2.24) is 0 Å². The minimum absolute atomic E-state index is 1.17. The number of allylic oxidation sites excluding steroid dienone is 2. The molecule has 0 saturated heterocycles. The average Bonchev–Trinajstić information content (AvgIpc) is 2.52. The zero-order chi connectivity index (χ0) is 15.7. The van der Waals surface area contributed by atoms with E-state index in [1.165, 1.54) is 16.7 Å². The molecule has 1 rings (SSSR count). The van der Waals surface area contributed by atoms with Gasteiger partial charge in [-0.25, -0.2) is 0 Å². The fraction of sp³-hybridized carbons (Fsp3) is 0.500. The molecule has 0 aliphatic carbocycles. The van der Waals surface area contributed by atoms with Gasteiger partial charge in [0.1, 0.15) is 0 Å². The first kappa shape index (κ1) is 22.8. The van der Waals surface area contributed by atoms with Crippen LogP contribution in [0.3, 0.4) is 0 Å². The Bertz CT molecular complexity index is 318. The molecule has 1 aromatic carbocycles. The van der Waals surface area contributed by atoms with E-state index in [9.17, 15) is 0 Å². The van der Waals surface area contributed by atoms with Crippen molar-refractivity contribution in [2.24, 2.45) is 4.99 Å². The molecule has 0 saturated carbocycles. The number of nitrogens with zero attached hydrogens (tertiary/aromatic N) is 1. The molecule has 0 heterocycles. The third kappa shape index (κ3) is 11.5. The van der Waals surface area contributed by atoms with Crippen molar-refractivity contribution in [1.29, 1.82) is 0 Å². The second-order valence-electron chi connectivity index (χ2n) is 3.00. The van der Waals surface area contributed by atoms with E-state index >= 15 is 0 Å². The summed E-state index contributed by atoms with van der Waals surface area (Å²) in [6, 6.07) is 8.46. The highest BCUT2D eigenvalue weighted by Crippen LogP contribution is 2.12. The van der Waals surface area contributed by atoms with Crippen molar-refractivity contribution >= 4 is 11.8 Å². The standard InChI is InChI=1S/C12H15N.3C2H6/c1-4-11(9-13-3)12-7-5-10(2)6-8-12;3*1-2/h4-9H,1-3H3;3*1-2H3/b11-4+,13-9?;;;. The molecule has 1 aromatic rings. The van der Waals surface area contributed by atoms with Crippen LogP contribution in [0.15, 0.2) is 35.3 Å². The maximum atomic E-state index is 4.01. The van der Waals surface area contributed by atoms with Gasteiger partial charge in [-0.3, -0.25) is 4.99 Å². The zero-order valence-corrected chi connectivity index (χ0v) is 14.4. The zero-order valence-electron chi connectivity index (χ0n) is 14.4. The molecule has 0 aromatic heterocycles. The van der Waals surface area contributed by atoms with E-state index in [0.717, 1.165) is 0 Å². The third-order valence-electron chi connectivity index (χ3n) is 1.96. The maximum Gasteiger partial charge on any atom is 0.0284 e. The molecule has 0 atom stereocenters. The van der Waals surface area contributed by atoms with Gasteiger partial charge in [-0.1, -0.05) is 77.4 Å². The summed E-state index contributed by atoms with van der Waals surface area (Å²) in [5, 5.41) is 0. The van der Waals surface area contributed by atoms with Gasteiger partial charge in [-0.2, -0.15) is 0 Å². The lowest BCUT2D eigenvalue weighted by molar-refractivity contribution is 1.45. The van der Waals surface area contributed by atoms with Crippen LogP contribution in [0.25, 0.3) is 5.57 Å². The Morgan fingerprint density at radius 1 is 0.895 bits per heavy atom. The first-order valence-electron chi connectivity index (χ1n) is 7.43. The molecule has 0 N–H and O–H groups in total. The van der Waals surface area contributed by atoms with E-state index < -0.39 is 0 Å². The molecular formula is C18H33N. The van der Waals surface area contributed by atoms with Gasteiger partial charge in [-0.05, 0) is 25.0 Å². The lowest BCUT2D eigenvalue weighted by Gasteiger charge is -2.01. The molecule has 19 heavy (non-hydrogen) atoms. The van der Waals surface area contributed by atoms with Crippen LogP contribution in [-0.2, 0) is 0 Å². The highest BCUT2D eigenvalue weighted by Gasteiger charge is 1.95. The number of hydrogen-bond donors (Lipinski definition) is 0. The van der Waals surface area contributed by atoms with Gasteiger partial charge >= 0.3 is 0 Å². The predicted molar refractivity (Wildman–Crippen MR) is 93.3 cm³/mol. The summed E-state index contributed by atoms with van der Waals surface area (Å²) in [6.45, 7) is 16.1. The van der Waals surface area contributed by atoms with E-state index in [0.29, 0.717) is 0 Å². The number of aliphatic imine (C=N–C) groups is 1. The van der Waals surface area contributed by atoms with Crippen molar-refractivity contribution in [3.8, 4) is 0 Å². The van der Waals surface area contributed by atoms with Crippen molar-refractivity contribution < 1.29 is 0 Å². The molecular weight excluding hydrogens is 230 g/mol. The Morgan fingerprint density at radius 2 is 1.32 bits per heavy atom. The third-order valence-corrected chi connectivity index (χ3v) is 1.96. The SMILES string of the molecule is C/C=C(\C=NC)c1ccc(C)cc1.CC.CC.CC. The molecule has 0 bridgehead atoms. The summed E-state index contributed by atoms with van der Waals surface area (Å²) in [7, 11) is 1.79. The van der Waals surface area contributed by atoms with Crippen LogP contribution in [0.2, 0.25) is 0 Å². The maximum absolute atomic E-state index is 4.01. The van der Waals surface area contributed by atoms with E-state index in [1.807, 2.05) is 54.7 Å². The average molecular weight is 263 g/mol. The van der Waals surface area contributed by atoms with Gasteiger partial charge in [0.2, 0.25) is 0 Å². The topological polar surface area (TPSA) is 12.4 Å². The molecule has 0 spiro atoms. The molecule has 0 amide bonds. The van der Waals surface area contributed by atoms with Gasteiger partial charge in [0.15, 0.2) is 0 Å². The van der Waals surface area contributed by atoms with E-state index in [-0.39, 0.29) is 0 Å². The van der Waals surface area contributed by atoms with Crippen LogP contribution in [0.4, 0.5) is 0 Å². The molecule has 0 unspecified atom stereocenters. The van der Waals surface area contributed by atoms with Crippen molar-refractivity contribution in [2.45, 2.75) is 55.4 Å². The van der Waals surface area contributed by atoms with Crippen LogP contribution >= 0.6 is 0 Å². The minimum atomic E-state index is 1.17. The quantitative estimate of drug-likeness (QED) is 0.565. The fourth-order valence-corrected chi connectivity index (χ4v) is 1.20. The number of rotatable bonds is 2. The van der Waals surface area contributed by atoms with Crippen LogP contribution in [0.5, 0.6) is 0 Å². The van der Waals surface area contributed by atoms with Crippen LogP contribution in [0, 0.1) is 6.92 Å². The van der Waals surface area contributed by atoms with Crippen LogP contribution in [-0.4, -0.2) is 13.3 Å². The molecule has 0 radical (unpaired) electrons. The Labute approximate surface area is 121 Å². The van der Waals surface area contributed by atoms with Crippen molar-refractivity contribution in [3.05, 3.63) is 41.5 Å². The first-order valence-corrected chi connectivity index (χ1v) is 7.43. The molecule has 1 nitrogen and oxygen atoms in total. The van der Waals surface area contributed by atoms with Gasteiger partial charge in [-0.15, -0.1) is 0 Å². The van der Waals surface area contributed by atoms with Gasteiger partial charge in [0, 0.05) is 13.3 Å². The summed E-state index contributed by atoms with van der Waals surface area (Å²) in [4.78, 5) is 4.01. The Balaban J connectivity index is -0.000000375. The summed E-state index contributed by atoms with van der Waals surface area (Å²) in [5.41, 5.74) is 3.67. The van der Waals surface area contributed by atoms with Crippen molar-refractivity contribution in [3.63, 3.8) is 0 Å². The first-order chi connectivity index (χ1) is 9.27. The Hall–Kier alpha value is -1.37. The molecule has 1 heteroatoms. The molecule has 0 aliphatic rings. The van der Waals surface area contributed by atoms with E-state index in [2.05, 4.69) is 42.3 Å². The Morgan fingerprint density at radius 3 is 1.63 bits per heavy atom. The largest absolute Gasteiger partial charge is 0.296 e. The number of aryl methyl sites for hydroxylation is 1. The fourth-order valence-electron chi connectivity index (χ4n) is 1.20. The summed E-state index contributed by atoms with van der Waals surface area (Å²) in [5.74, 6) is 0. The van der Waals surface area contributed by atoms with Crippen LogP contribution in [0.1, 0.15) is 59.6 Å². The molecule has 0 fully saturated rings. The van der Waals surface area contributed by atoms with Crippen LogP contribution < -0.4 is 0 Å². The number of benzene rings is 1. The summed E-state index contributed by atoms with van der Waals surface area (Å²) >= 11 is 0. The van der Waals surface area contributed by atoms with Gasteiger partial charge < -0.3 is 0 Å². The lowest BCUT2D eigenvalue weighted by Crippen LogP contribution is -1.85. The monoisotopic (exact) mass is 263 g/mol. The molecule has 0 aliphatic heterocycles. The van der Waals surface area contributed by atoms with Gasteiger partial charge in [0.25, 0.3) is 0 Å². The van der Waals surface area contributed by atoms with Crippen molar-refractivity contribution in [2.75, 3.05) is 7.05 Å². The smallest absolute Gasteiger partial charge is 0.0284 e. The highest BCUT2D eigenvalue weighted by molar-refractivity contribution is 6.09.